The van der Waals surface area contributed by atoms with Crippen LogP contribution in [0.1, 0.15) is 42.2 Å². The van der Waals surface area contributed by atoms with Crippen LogP contribution >= 0.6 is 11.6 Å². The van der Waals surface area contributed by atoms with Crippen LogP contribution in [0.4, 0.5) is 5.69 Å². The van der Waals surface area contributed by atoms with Gasteiger partial charge < -0.3 is 15.5 Å². The summed E-state index contributed by atoms with van der Waals surface area (Å²) < 4.78 is 0. The summed E-state index contributed by atoms with van der Waals surface area (Å²) in [7, 11) is 0. The van der Waals surface area contributed by atoms with Crippen molar-refractivity contribution in [3.8, 4) is 11.5 Å². The van der Waals surface area contributed by atoms with Gasteiger partial charge in [-0.1, -0.05) is 23.7 Å². The lowest BCUT2D eigenvalue weighted by atomic mass is 9.82. The molecule has 0 spiro atoms. The van der Waals surface area contributed by atoms with Gasteiger partial charge in [0.2, 0.25) is 5.78 Å². The van der Waals surface area contributed by atoms with Crippen LogP contribution in [0.3, 0.4) is 0 Å². The summed E-state index contributed by atoms with van der Waals surface area (Å²) in [6.45, 7) is 0. The van der Waals surface area contributed by atoms with Gasteiger partial charge in [-0.25, -0.2) is 0 Å². The Morgan fingerprint density at radius 3 is 2.21 bits per heavy atom. The Hall–Kier alpha value is -3.64. The molecular weight excluding hydrogens is 382 g/mol. The Morgan fingerprint density at radius 2 is 1.50 bits per heavy atom. The summed E-state index contributed by atoms with van der Waals surface area (Å²) in [6, 6.07) is 12.9. The molecule has 0 unspecified atom stereocenters. The van der Waals surface area contributed by atoms with Crippen LogP contribution in [-0.2, 0) is 0 Å². The van der Waals surface area contributed by atoms with Gasteiger partial charge in [-0.3, -0.25) is 14.4 Å². The van der Waals surface area contributed by atoms with E-state index in [1.807, 2.05) is 0 Å². The van der Waals surface area contributed by atoms with Crippen molar-refractivity contribution in [1.82, 2.24) is 0 Å². The highest BCUT2D eigenvalue weighted by atomic mass is 35.5. The topological polar surface area (TPSA) is 104 Å². The molecule has 1 aliphatic carbocycles. The van der Waals surface area contributed by atoms with Crippen LogP contribution in [0.5, 0.6) is 11.5 Å². The SMILES string of the molecule is O=C(Nc1ccc(Cl)cc1)c1cc(O)c2c(c1)C(=O)c1cccc(O)c1C2=O. The molecule has 3 N–H and O–H groups in total. The van der Waals surface area contributed by atoms with Crippen molar-refractivity contribution in [3.05, 3.63) is 87.4 Å². The van der Waals surface area contributed by atoms with Gasteiger partial charge in [-0.15, -0.1) is 0 Å². The lowest BCUT2D eigenvalue weighted by molar-refractivity contribution is 0.0972. The Bertz CT molecular complexity index is 1170. The van der Waals surface area contributed by atoms with Crippen molar-refractivity contribution in [3.63, 3.8) is 0 Å². The number of nitrogens with one attached hydrogen (secondary N) is 1. The lowest BCUT2D eigenvalue weighted by Crippen LogP contribution is -2.22. The second-order valence-electron chi connectivity index (χ2n) is 6.24. The van der Waals surface area contributed by atoms with E-state index in [2.05, 4.69) is 5.32 Å². The van der Waals surface area contributed by atoms with E-state index in [0.717, 1.165) is 6.07 Å². The summed E-state index contributed by atoms with van der Waals surface area (Å²) in [5.74, 6) is -2.65. The minimum Gasteiger partial charge on any atom is -0.507 e. The zero-order valence-corrected chi connectivity index (χ0v) is 14.9. The predicted molar refractivity (Wildman–Crippen MR) is 102 cm³/mol. The molecule has 3 aromatic carbocycles. The minimum absolute atomic E-state index is 0.0101. The zero-order chi connectivity index (χ0) is 20.0. The fourth-order valence-electron chi connectivity index (χ4n) is 3.15. The van der Waals surface area contributed by atoms with E-state index in [0.29, 0.717) is 10.7 Å². The third-order valence-corrected chi connectivity index (χ3v) is 4.72. The van der Waals surface area contributed by atoms with E-state index in [-0.39, 0.29) is 33.6 Å². The van der Waals surface area contributed by atoms with Crippen molar-refractivity contribution in [2.45, 2.75) is 0 Å². The normalized spacial score (nSPS) is 12.3. The van der Waals surface area contributed by atoms with Gasteiger partial charge >= 0.3 is 0 Å². The molecule has 4 rings (SSSR count). The Labute approximate surface area is 164 Å². The van der Waals surface area contributed by atoms with E-state index in [9.17, 15) is 24.6 Å². The van der Waals surface area contributed by atoms with Crippen molar-refractivity contribution >= 4 is 34.8 Å². The van der Waals surface area contributed by atoms with Crippen LogP contribution < -0.4 is 5.32 Å². The average molecular weight is 394 g/mol. The fourth-order valence-corrected chi connectivity index (χ4v) is 3.28. The smallest absolute Gasteiger partial charge is 0.255 e. The Kier molecular flexibility index (Phi) is 4.13. The number of carbonyl (C=O) groups excluding carboxylic acids is 3. The number of carbonyl (C=O) groups is 3. The summed E-state index contributed by atoms with van der Waals surface area (Å²) in [6.07, 6.45) is 0. The standard InChI is InChI=1S/C21H12ClNO5/c22-11-4-6-12(7-5-11)23-21(28)10-8-14-18(16(25)9-10)20(27)17-13(19(14)26)2-1-3-15(17)24/h1-9,24-25H,(H,23,28). The average Bonchev–Trinajstić information content (AvgIpc) is 2.67. The van der Waals surface area contributed by atoms with Crippen LogP contribution in [0, 0.1) is 0 Å². The van der Waals surface area contributed by atoms with Gasteiger partial charge in [-0.2, -0.15) is 0 Å². The van der Waals surface area contributed by atoms with Crippen LogP contribution in [-0.4, -0.2) is 27.7 Å². The van der Waals surface area contributed by atoms with Crippen LogP contribution in [0.2, 0.25) is 5.02 Å². The number of fused-ring (bicyclic) bond motifs is 2. The summed E-state index contributed by atoms with van der Waals surface area (Å²) in [4.78, 5) is 38.1. The molecule has 0 heterocycles. The number of phenols is 2. The molecule has 3 aromatic rings. The number of amides is 1. The third-order valence-electron chi connectivity index (χ3n) is 4.47. The number of hydrogen-bond acceptors (Lipinski definition) is 5. The quantitative estimate of drug-likeness (QED) is 0.481. The second-order valence-corrected chi connectivity index (χ2v) is 6.67. The molecule has 138 valence electrons. The van der Waals surface area contributed by atoms with Gasteiger partial charge in [0.1, 0.15) is 11.5 Å². The Balaban J connectivity index is 1.76. The maximum atomic E-state index is 12.8. The monoisotopic (exact) mass is 393 g/mol. The first-order valence-electron chi connectivity index (χ1n) is 8.22. The van der Waals surface area contributed by atoms with Crippen LogP contribution in [0.25, 0.3) is 0 Å². The molecule has 7 heteroatoms. The number of anilines is 1. The molecule has 0 bridgehead atoms. The largest absolute Gasteiger partial charge is 0.507 e. The van der Waals surface area contributed by atoms with Crippen molar-refractivity contribution in [2.24, 2.45) is 0 Å². The van der Waals surface area contributed by atoms with E-state index in [1.54, 1.807) is 24.3 Å². The number of benzene rings is 3. The van der Waals surface area contributed by atoms with Crippen LogP contribution in [0.15, 0.2) is 54.6 Å². The van der Waals surface area contributed by atoms with Gasteiger partial charge in [0.15, 0.2) is 5.78 Å². The van der Waals surface area contributed by atoms with Crippen molar-refractivity contribution < 1.29 is 24.6 Å². The lowest BCUT2D eigenvalue weighted by Gasteiger charge is -2.20. The maximum Gasteiger partial charge on any atom is 0.255 e. The summed E-state index contributed by atoms with van der Waals surface area (Å²) >= 11 is 5.81. The predicted octanol–water partition coefficient (Wildman–Crippen LogP) is 3.78. The van der Waals surface area contributed by atoms with E-state index >= 15 is 0 Å². The van der Waals surface area contributed by atoms with E-state index < -0.39 is 23.2 Å². The third kappa shape index (κ3) is 2.80. The highest BCUT2D eigenvalue weighted by Crippen LogP contribution is 2.37. The number of hydrogen-bond donors (Lipinski definition) is 3. The van der Waals surface area contributed by atoms with Crippen molar-refractivity contribution in [1.29, 1.82) is 0 Å². The summed E-state index contributed by atoms with van der Waals surface area (Å²) in [5.41, 5.74) is 0.0208. The first-order chi connectivity index (χ1) is 13.4. The molecular formula is C21H12ClNO5. The number of halogens is 1. The number of aromatic hydroxyl groups is 2. The van der Waals surface area contributed by atoms with Gasteiger partial charge in [0.25, 0.3) is 5.91 Å². The van der Waals surface area contributed by atoms with E-state index in [1.165, 1.54) is 24.3 Å². The fraction of sp³-hybridized carbons (Fsp3) is 0. The molecule has 0 fully saturated rings. The number of rotatable bonds is 2. The molecule has 0 aliphatic heterocycles. The molecule has 1 amide bonds. The second kappa shape index (κ2) is 6.51. The summed E-state index contributed by atoms with van der Waals surface area (Å²) in [5, 5.41) is 23.4. The number of ketones is 2. The maximum absolute atomic E-state index is 12.8. The molecule has 0 atom stereocenters. The van der Waals surface area contributed by atoms with Gasteiger partial charge in [-0.05, 0) is 42.5 Å². The Morgan fingerprint density at radius 1 is 0.821 bits per heavy atom. The molecule has 0 aromatic heterocycles. The highest BCUT2D eigenvalue weighted by molar-refractivity contribution is 6.31. The first kappa shape index (κ1) is 17.8. The van der Waals surface area contributed by atoms with Crippen molar-refractivity contribution in [2.75, 3.05) is 5.32 Å². The highest BCUT2D eigenvalue weighted by Gasteiger charge is 2.35. The van der Waals surface area contributed by atoms with E-state index in [4.69, 9.17) is 11.6 Å². The molecule has 0 saturated heterocycles. The molecule has 0 radical (unpaired) electrons. The van der Waals surface area contributed by atoms with Gasteiger partial charge in [0.05, 0.1) is 11.1 Å². The molecule has 6 nitrogen and oxygen atoms in total. The molecule has 28 heavy (non-hydrogen) atoms. The zero-order valence-electron chi connectivity index (χ0n) is 14.2. The molecule has 1 aliphatic rings. The number of phenolic OH excluding ortho intramolecular Hbond substituents is 2. The minimum atomic E-state index is -0.676. The van der Waals surface area contributed by atoms with Gasteiger partial charge in [0, 0.05) is 27.4 Å². The molecule has 0 saturated carbocycles. The first-order valence-corrected chi connectivity index (χ1v) is 8.60.